The van der Waals surface area contributed by atoms with Crippen molar-refractivity contribution in [3.8, 4) is 0 Å². The van der Waals surface area contributed by atoms with Gasteiger partial charge in [-0.05, 0) is 25.7 Å². The Balaban J connectivity index is 1.84. The number of amides is 1. The molecule has 1 saturated heterocycles. The molecule has 15 heavy (non-hydrogen) atoms. The van der Waals surface area contributed by atoms with E-state index in [4.69, 9.17) is 5.11 Å². The average Bonchev–Trinajstić information content (AvgIpc) is 2.88. The molecule has 0 bridgehead atoms. The Kier molecular flexibility index (Phi) is 2.90. The first-order valence-corrected chi connectivity index (χ1v) is 5.44. The number of carboxylic acid groups (broad SMARTS) is 1. The summed E-state index contributed by atoms with van der Waals surface area (Å²) in [5.41, 5.74) is 0. The van der Waals surface area contributed by atoms with Gasteiger partial charge in [-0.1, -0.05) is 0 Å². The van der Waals surface area contributed by atoms with Crippen LogP contribution in [0.25, 0.3) is 0 Å². The summed E-state index contributed by atoms with van der Waals surface area (Å²) in [4.78, 5) is 24.0. The predicted octanol–water partition coefficient (Wildman–Crippen LogP) is -0.186. The first-order chi connectivity index (χ1) is 7.18. The number of rotatable bonds is 4. The summed E-state index contributed by atoms with van der Waals surface area (Å²) in [5, 5.41) is 12.0. The molecular weight excluding hydrogens is 196 g/mol. The molecule has 2 fully saturated rings. The maximum Gasteiger partial charge on any atom is 0.326 e. The van der Waals surface area contributed by atoms with E-state index in [0.29, 0.717) is 19.0 Å². The van der Waals surface area contributed by atoms with E-state index in [-0.39, 0.29) is 12.5 Å². The second kappa shape index (κ2) is 4.18. The molecule has 5 heteroatoms. The summed E-state index contributed by atoms with van der Waals surface area (Å²) in [6, 6.07) is -0.113. The number of carbonyl (C=O) groups is 2. The van der Waals surface area contributed by atoms with Gasteiger partial charge in [0.15, 0.2) is 0 Å². The van der Waals surface area contributed by atoms with E-state index in [1.54, 1.807) is 0 Å². The van der Waals surface area contributed by atoms with Gasteiger partial charge in [0.25, 0.3) is 0 Å². The van der Waals surface area contributed by atoms with E-state index in [1.165, 1.54) is 4.90 Å². The average molecular weight is 212 g/mol. The van der Waals surface area contributed by atoms with Gasteiger partial charge in [0.05, 0.1) is 6.54 Å². The fourth-order valence-electron chi connectivity index (χ4n) is 1.94. The van der Waals surface area contributed by atoms with Crippen molar-refractivity contribution in [1.82, 2.24) is 10.2 Å². The van der Waals surface area contributed by atoms with Crippen LogP contribution in [0.1, 0.15) is 25.7 Å². The second-order valence-corrected chi connectivity index (χ2v) is 4.24. The zero-order valence-electron chi connectivity index (χ0n) is 8.61. The van der Waals surface area contributed by atoms with Crippen molar-refractivity contribution in [3.63, 3.8) is 0 Å². The van der Waals surface area contributed by atoms with E-state index < -0.39 is 12.0 Å². The lowest BCUT2D eigenvalue weighted by Gasteiger charge is -2.21. The number of hydrogen-bond acceptors (Lipinski definition) is 3. The predicted molar refractivity (Wildman–Crippen MR) is 53.4 cm³/mol. The molecule has 1 atom stereocenters. The van der Waals surface area contributed by atoms with Gasteiger partial charge in [0, 0.05) is 12.6 Å². The molecular formula is C10H16N2O3. The Labute approximate surface area is 88.4 Å². The van der Waals surface area contributed by atoms with Gasteiger partial charge in [0.2, 0.25) is 5.91 Å². The first kappa shape index (κ1) is 10.4. The van der Waals surface area contributed by atoms with Gasteiger partial charge in [-0.25, -0.2) is 4.79 Å². The van der Waals surface area contributed by atoms with Gasteiger partial charge < -0.3 is 15.3 Å². The van der Waals surface area contributed by atoms with Gasteiger partial charge in [-0.15, -0.1) is 0 Å². The summed E-state index contributed by atoms with van der Waals surface area (Å²) in [7, 11) is 0. The Morgan fingerprint density at radius 2 is 2.07 bits per heavy atom. The molecule has 1 heterocycles. The number of carbonyl (C=O) groups excluding carboxylic acids is 1. The third-order valence-electron chi connectivity index (χ3n) is 2.98. The minimum atomic E-state index is -0.882. The maximum atomic E-state index is 11.7. The van der Waals surface area contributed by atoms with Crippen LogP contribution in [-0.2, 0) is 9.59 Å². The summed E-state index contributed by atoms with van der Waals surface area (Å²) in [6.45, 7) is 0.872. The van der Waals surface area contributed by atoms with E-state index in [0.717, 1.165) is 19.3 Å². The molecule has 0 aromatic heterocycles. The standard InChI is InChI=1S/C10H16N2O3/c13-9(6-11-7-3-4-7)12-5-1-2-8(12)10(14)15/h7-8,11H,1-6H2,(H,14,15). The SMILES string of the molecule is O=C(O)C1CCCN1C(=O)CNC1CC1. The molecule has 2 N–H and O–H groups in total. The Morgan fingerprint density at radius 1 is 1.33 bits per heavy atom. The van der Waals surface area contributed by atoms with Crippen molar-refractivity contribution in [2.24, 2.45) is 0 Å². The van der Waals surface area contributed by atoms with Crippen LogP contribution < -0.4 is 5.32 Å². The second-order valence-electron chi connectivity index (χ2n) is 4.24. The largest absolute Gasteiger partial charge is 0.480 e. The van der Waals surface area contributed by atoms with Crippen LogP contribution in [0.5, 0.6) is 0 Å². The Bertz CT molecular complexity index is 276. The first-order valence-electron chi connectivity index (χ1n) is 5.44. The number of hydrogen-bond donors (Lipinski definition) is 2. The molecule has 2 aliphatic rings. The molecule has 0 radical (unpaired) electrons. The van der Waals surface area contributed by atoms with Crippen molar-refractivity contribution in [1.29, 1.82) is 0 Å². The Hall–Kier alpha value is -1.10. The van der Waals surface area contributed by atoms with Gasteiger partial charge in [-0.2, -0.15) is 0 Å². The maximum absolute atomic E-state index is 11.7. The van der Waals surface area contributed by atoms with Crippen molar-refractivity contribution in [3.05, 3.63) is 0 Å². The van der Waals surface area contributed by atoms with E-state index >= 15 is 0 Å². The monoisotopic (exact) mass is 212 g/mol. The number of nitrogens with one attached hydrogen (secondary N) is 1. The van der Waals surface area contributed by atoms with Crippen molar-refractivity contribution >= 4 is 11.9 Å². The van der Waals surface area contributed by atoms with Crippen molar-refractivity contribution < 1.29 is 14.7 Å². The quantitative estimate of drug-likeness (QED) is 0.678. The van der Waals surface area contributed by atoms with Crippen molar-refractivity contribution in [2.75, 3.05) is 13.1 Å². The van der Waals surface area contributed by atoms with Gasteiger partial charge in [0.1, 0.15) is 6.04 Å². The topological polar surface area (TPSA) is 69.6 Å². The highest BCUT2D eigenvalue weighted by Gasteiger charge is 2.34. The highest BCUT2D eigenvalue weighted by atomic mass is 16.4. The molecule has 2 rings (SSSR count). The van der Waals surface area contributed by atoms with E-state index in [1.807, 2.05) is 0 Å². The number of aliphatic carboxylic acids is 1. The van der Waals surface area contributed by atoms with E-state index in [9.17, 15) is 9.59 Å². The molecule has 1 unspecified atom stereocenters. The molecule has 5 nitrogen and oxygen atoms in total. The molecule has 1 aliphatic heterocycles. The molecule has 0 aromatic rings. The van der Waals surface area contributed by atoms with Crippen LogP contribution in [0.2, 0.25) is 0 Å². The normalized spacial score (nSPS) is 25.6. The van der Waals surface area contributed by atoms with Gasteiger partial charge >= 0.3 is 5.97 Å². The third-order valence-corrected chi connectivity index (χ3v) is 2.98. The number of carboxylic acids is 1. The molecule has 1 saturated carbocycles. The highest BCUT2D eigenvalue weighted by Crippen LogP contribution is 2.20. The lowest BCUT2D eigenvalue weighted by molar-refractivity contribution is -0.147. The third kappa shape index (κ3) is 2.47. The molecule has 1 amide bonds. The Morgan fingerprint density at radius 3 is 2.67 bits per heavy atom. The van der Waals surface area contributed by atoms with Crippen LogP contribution in [0.15, 0.2) is 0 Å². The minimum Gasteiger partial charge on any atom is -0.480 e. The fraction of sp³-hybridized carbons (Fsp3) is 0.800. The van der Waals surface area contributed by atoms with Crippen LogP contribution in [0.3, 0.4) is 0 Å². The van der Waals surface area contributed by atoms with Crippen LogP contribution >= 0.6 is 0 Å². The summed E-state index contributed by atoms with van der Waals surface area (Å²) in [6.07, 6.45) is 3.65. The van der Waals surface area contributed by atoms with Crippen LogP contribution in [0, 0.1) is 0 Å². The lowest BCUT2D eigenvalue weighted by atomic mass is 10.2. The molecule has 84 valence electrons. The van der Waals surface area contributed by atoms with Crippen molar-refractivity contribution in [2.45, 2.75) is 37.8 Å². The van der Waals surface area contributed by atoms with E-state index in [2.05, 4.69) is 5.32 Å². The zero-order chi connectivity index (χ0) is 10.8. The summed E-state index contributed by atoms with van der Waals surface area (Å²) >= 11 is 0. The fourth-order valence-corrected chi connectivity index (χ4v) is 1.94. The lowest BCUT2D eigenvalue weighted by Crippen LogP contribution is -2.44. The summed E-state index contributed by atoms with van der Waals surface area (Å²) < 4.78 is 0. The number of nitrogens with zero attached hydrogens (tertiary/aromatic N) is 1. The number of likely N-dealkylation sites (tertiary alicyclic amines) is 1. The van der Waals surface area contributed by atoms with Crippen LogP contribution in [0.4, 0.5) is 0 Å². The smallest absolute Gasteiger partial charge is 0.326 e. The summed E-state index contributed by atoms with van der Waals surface area (Å²) in [5.74, 6) is -0.959. The molecule has 1 aliphatic carbocycles. The zero-order valence-corrected chi connectivity index (χ0v) is 8.61. The van der Waals surface area contributed by atoms with Gasteiger partial charge in [-0.3, -0.25) is 4.79 Å². The molecule has 0 spiro atoms. The highest BCUT2D eigenvalue weighted by molar-refractivity contribution is 5.85. The molecule has 0 aromatic carbocycles. The van der Waals surface area contributed by atoms with Crippen LogP contribution in [-0.4, -0.2) is 47.1 Å². The minimum absolute atomic E-state index is 0.0770.